The van der Waals surface area contributed by atoms with Gasteiger partial charge in [-0.2, -0.15) is 0 Å². The summed E-state index contributed by atoms with van der Waals surface area (Å²) in [5.74, 6) is -0.344. The number of hydrogen-bond acceptors (Lipinski definition) is 2. The van der Waals surface area contributed by atoms with Crippen molar-refractivity contribution in [3.8, 4) is 11.3 Å². The summed E-state index contributed by atoms with van der Waals surface area (Å²) in [5.41, 5.74) is 1.43. The van der Waals surface area contributed by atoms with Crippen LogP contribution in [0.5, 0.6) is 0 Å². The summed E-state index contributed by atoms with van der Waals surface area (Å²) in [5, 5.41) is 0. The average molecular weight is 174 g/mol. The van der Waals surface area contributed by atoms with Crippen LogP contribution in [0.2, 0.25) is 0 Å². The van der Waals surface area contributed by atoms with Crippen LogP contribution < -0.4 is 0 Å². The van der Waals surface area contributed by atoms with E-state index in [-0.39, 0.29) is 5.82 Å². The Balaban J connectivity index is 2.48. The largest absolute Gasteiger partial charge is 0.261 e. The minimum Gasteiger partial charge on any atom is -0.261 e. The fourth-order valence-corrected chi connectivity index (χ4v) is 1.09. The Morgan fingerprint density at radius 2 is 2.08 bits per heavy atom. The van der Waals surface area contributed by atoms with Gasteiger partial charge in [-0.25, -0.2) is 4.39 Å². The molecule has 0 saturated carbocycles. The van der Waals surface area contributed by atoms with Gasteiger partial charge in [-0.3, -0.25) is 9.97 Å². The summed E-state index contributed by atoms with van der Waals surface area (Å²) < 4.78 is 12.8. The summed E-state index contributed by atoms with van der Waals surface area (Å²) in [6.07, 6.45) is 4.43. The molecule has 64 valence electrons. The van der Waals surface area contributed by atoms with Crippen molar-refractivity contribution < 1.29 is 4.39 Å². The van der Waals surface area contributed by atoms with Gasteiger partial charge in [0.15, 0.2) is 0 Å². The SMILES string of the molecule is Fc1cncc(-c2ccccn2)c1. The second kappa shape index (κ2) is 3.31. The lowest BCUT2D eigenvalue weighted by Gasteiger charge is -1.98. The maximum absolute atomic E-state index is 12.8. The molecule has 0 N–H and O–H groups in total. The van der Waals surface area contributed by atoms with Crippen molar-refractivity contribution in [2.45, 2.75) is 0 Å². The lowest BCUT2D eigenvalue weighted by molar-refractivity contribution is 0.622. The molecule has 0 aliphatic heterocycles. The van der Waals surface area contributed by atoms with Gasteiger partial charge < -0.3 is 0 Å². The van der Waals surface area contributed by atoms with E-state index < -0.39 is 0 Å². The first-order chi connectivity index (χ1) is 6.36. The van der Waals surface area contributed by atoms with E-state index in [4.69, 9.17) is 0 Å². The van der Waals surface area contributed by atoms with Crippen LogP contribution in [0.4, 0.5) is 4.39 Å². The predicted octanol–water partition coefficient (Wildman–Crippen LogP) is 2.28. The molecular weight excluding hydrogens is 167 g/mol. The summed E-state index contributed by atoms with van der Waals surface area (Å²) >= 11 is 0. The van der Waals surface area contributed by atoms with Crippen LogP contribution in [0.15, 0.2) is 42.9 Å². The van der Waals surface area contributed by atoms with E-state index in [9.17, 15) is 4.39 Å². The van der Waals surface area contributed by atoms with Crippen LogP contribution in [0.3, 0.4) is 0 Å². The Bertz CT molecular complexity index is 401. The van der Waals surface area contributed by atoms with Gasteiger partial charge in [0, 0.05) is 18.0 Å². The lowest BCUT2D eigenvalue weighted by Crippen LogP contribution is -1.84. The second-order valence-electron chi connectivity index (χ2n) is 2.61. The molecule has 0 spiro atoms. The Morgan fingerprint density at radius 3 is 2.77 bits per heavy atom. The number of rotatable bonds is 1. The summed E-state index contributed by atoms with van der Waals surface area (Å²) in [4.78, 5) is 7.83. The van der Waals surface area contributed by atoms with E-state index in [0.717, 1.165) is 5.69 Å². The van der Waals surface area contributed by atoms with Crippen molar-refractivity contribution in [1.29, 1.82) is 0 Å². The van der Waals surface area contributed by atoms with Crippen LogP contribution in [0.25, 0.3) is 11.3 Å². The normalized spacial score (nSPS) is 9.92. The highest BCUT2D eigenvalue weighted by Crippen LogP contribution is 2.14. The van der Waals surface area contributed by atoms with Crippen molar-refractivity contribution in [1.82, 2.24) is 9.97 Å². The third-order valence-electron chi connectivity index (χ3n) is 1.67. The maximum Gasteiger partial charge on any atom is 0.142 e. The predicted molar refractivity (Wildman–Crippen MR) is 47.4 cm³/mol. The summed E-state index contributed by atoms with van der Waals surface area (Å²) in [7, 11) is 0. The fourth-order valence-electron chi connectivity index (χ4n) is 1.09. The molecule has 3 heteroatoms. The number of pyridine rings is 2. The summed E-state index contributed by atoms with van der Waals surface area (Å²) in [6.45, 7) is 0. The Morgan fingerprint density at radius 1 is 1.15 bits per heavy atom. The number of aromatic nitrogens is 2. The lowest BCUT2D eigenvalue weighted by atomic mass is 10.2. The van der Waals surface area contributed by atoms with Crippen molar-refractivity contribution in [2.24, 2.45) is 0 Å². The molecule has 0 unspecified atom stereocenters. The molecule has 2 heterocycles. The number of nitrogens with zero attached hydrogens (tertiary/aromatic N) is 2. The monoisotopic (exact) mass is 174 g/mol. The molecule has 0 aliphatic rings. The average Bonchev–Trinajstić information content (AvgIpc) is 2.19. The minimum absolute atomic E-state index is 0.344. The number of halogens is 1. The molecule has 0 aliphatic carbocycles. The first kappa shape index (κ1) is 7.86. The van der Waals surface area contributed by atoms with Gasteiger partial charge in [0.2, 0.25) is 0 Å². The molecule has 2 rings (SSSR count). The van der Waals surface area contributed by atoms with E-state index in [1.807, 2.05) is 18.2 Å². The van der Waals surface area contributed by atoms with E-state index in [0.29, 0.717) is 5.56 Å². The van der Waals surface area contributed by atoms with Crippen LogP contribution in [-0.4, -0.2) is 9.97 Å². The quantitative estimate of drug-likeness (QED) is 0.662. The van der Waals surface area contributed by atoms with Crippen molar-refractivity contribution >= 4 is 0 Å². The van der Waals surface area contributed by atoms with Crippen LogP contribution in [0.1, 0.15) is 0 Å². The van der Waals surface area contributed by atoms with Gasteiger partial charge in [0.1, 0.15) is 5.82 Å². The molecule has 0 fully saturated rings. The highest BCUT2D eigenvalue weighted by atomic mass is 19.1. The number of hydrogen-bond donors (Lipinski definition) is 0. The molecule has 2 aromatic rings. The molecule has 0 aromatic carbocycles. The summed E-state index contributed by atoms with van der Waals surface area (Å²) in [6, 6.07) is 6.90. The molecule has 2 nitrogen and oxygen atoms in total. The van der Waals surface area contributed by atoms with Crippen LogP contribution in [-0.2, 0) is 0 Å². The Kier molecular flexibility index (Phi) is 2.00. The van der Waals surface area contributed by atoms with Gasteiger partial charge in [0.25, 0.3) is 0 Å². The fraction of sp³-hybridized carbons (Fsp3) is 0. The van der Waals surface area contributed by atoms with Crippen molar-refractivity contribution in [3.05, 3.63) is 48.7 Å². The molecule has 0 saturated heterocycles. The topological polar surface area (TPSA) is 25.8 Å². The van der Waals surface area contributed by atoms with Gasteiger partial charge in [-0.15, -0.1) is 0 Å². The van der Waals surface area contributed by atoms with Crippen molar-refractivity contribution in [3.63, 3.8) is 0 Å². The molecule has 0 radical (unpaired) electrons. The third-order valence-corrected chi connectivity index (χ3v) is 1.67. The standard InChI is InChI=1S/C10H7FN2/c11-9-5-8(6-12-7-9)10-3-1-2-4-13-10/h1-7H. The van der Waals surface area contributed by atoms with Crippen LogP contribution in [0, 0.1) is 5.82 Å². The third kappa shape index (κ3) is 1.69. The smallest absolute Gasteiger partial charge is 0.142 e. The van der Waals surface area contributed by atoms with Gasteiger partial charge in [-0.1, -0.05) is 6.07 Å². The minimum atomic E-state index is -0.344. The molecule has 0 bridgehead atoms. The maximum atomic E-state index is 12.8. The molecular formula is C10H7FN2. The zero-order valence-corrected chi connectivity index (χ0v) is 6.81. The molecule has 0 atom stereocenters. The van der Waals surface area contributed by atoms with E-state index in [1.54, 1.807) is 12.4 Å². The zero-order valence-electron chi connectivity index (χ0n) is 6.81. The first-order valence-electron chi connectivity index (χ1n) is 3.88. The van der Waals surface area contributed by atoms with Gasteiger partial charge in [0.05, 0.1) is 11.9 Å². The van der Waals surface area contributed by atoms with Crippen LogP contribution >= 0.6 is 0 Å². The molecule has 0 amide bonds. The zero-order chi connectivity index (χ0) is 9.10. The van der Waals surface area contributed by atoms with Gasteiger partial charge >= 0.3 is 0 Å². The highest BCUT2D eigenvalue weighted by molar-refractivity contribution is 5.57. The highest BCUT2D eigenvalue weighted by Gasteiger charge is 1.98. The van der Waals surface area contributed by atoms with Gasteiger partial charge in [-0.05, 0) is 18.2 Å². The Hall–Kier alpha value is -1.77. The second-order valence-corrected chi connectivity index (χ2v) is 2.61. The molecule has 13 heavy (non-hydrogen) atoms. The Labute approximate surface area is 75.1 Å². The first-order valence-corrected chi connectivity index (χ1v) is 3.88. The van der Waals surface area contributed by atoms with E-state index in [2.05, 4.69) is 9.97 Å². The van der Waals surface area contributed by atoms with E-state index >= 15 is 0 Å². The molecule has 2 aromatic heterocycles. The van der Waals surface area contributed by atoms with E-state index in [1.165, 1.54) is 12.3 Å². The van der Waals surface area contributed by atoms with Crippen molar-refractivity contribution in [2.75, 3.05) is 0 Å².